The van der Waals surface area contributed by atoms with E-state index >= 15 is 0 Å². The summed E-state index contributed by atoms with van der Waals surface area (Å²) in [6.45, 7) is 2.00. The van der Waals surface area contributed by atoms with Gasteiger partial charge in [-0.15, -0.1) is 0 Å². The summed E-state index contributed by atoms with van der Waals surface area (Å²) in [6.07, 6.45) is 7.80. The first-order valence-electron chi connectivity index (χ1n) is 7.95. The quantitative estimate of drug-likeness (QED) is 0.822. The van der Waals surface area contributed by atoms with Crippen LogP contribution in [0.15, 0.2) is 24.5 Å². The Bertz CT molecular complexity index is 524. The van der Waals surface area contributed by atoms with Gasteiger partial charge in [-0.2, -0.15) is 0 Å². The minimum Gasteiger partial charge on any atom is -0.346 e. The van der Waals surface area contributed by atoms with Gasteiger partial charge >= 0.3 is 0 Å². The predicted octanol–water partition coefficient (Wildman–Crippen LogP) is 1.01. The van der Waals surface area contributed by atoms with Crippen molar-refractivity contribution < 1.29 is 9.59 Å². The summed E-state index contributed by atoms with van der Waals surface area (Å²) in [5, 5.41) is 5.51. The number of aromatic nitrogens is 1. The molecule has 0 aromatic carbocycles. The number of hydrogen-bond acceptors (Lipinski definition) is 4. The van der Waals surface area contributed by atoms with E-state index in [2.05, 4.69) is 20.5 Å². The van der Waals surface area contributed by atoms with E-state index in [-0.39, 0.29) is 24.4 Å². The lowest BCUT2D eigenvalue weighted by molar-refractivity contribution is -0.128. The Labute approximate surface area is 130 Å². The fourth-order valence-electron chi connectivity index (χ4n) is 3.02. The van der Waals surface area contributed by atoms with Crippen molar-refractivity contribution in [3.8, 4) is 0 Å². The van der Waals surface area contributed by atoms with Crippen LogP contribution in [0.5, 0.6) is 0 Å². The molecule has 2 N–H and O–H groups in total. The van der Waals surface area contributed by atoms with Crippen molar-refractivity contribution in [3.05, 3.63) is 24.5 Å². The third kappa shape index (κ3) is 3.82. The molecule has 3 rings (SSSR count). The van der Waals surface area contributed by atoms with E-state index in [1.165, 1.54) is 0 Å². The number of carbonyl (C=O) groups excluding carboxylic acids is 2. The maximum Gasteiger partial charge on any atom is 0.243 e. The normalized spacial score (nSPS) is 19.6. The van der Waals surface area contributed by atoms with Crippen LogP contribution in [0, 0.1) is 5.92 Å². The summed E-state index contributed by atoms with van der Waals surface area (Å²) in [7, 11) is 0. The molecule has 118 valence electrons. The maximum atomic E-state index is 12.4. The molecular weight excluding hydrogens is 280 g/mol. The number of rotatable bonds is 6. The molecule has 6 heteroatoms. The molecule has 1 aliphatic carbocycles. The molecule has 0 unspecified atom stereocenters. The highest BCUT2D eigenvalue weighted by Crippen LogP contribution is 2.36. The van der Waals surface area contributed by atoms with Gasteiger partial charge in [0.15, 0.2) is 0 Å². The molecule has 2 aliphatic rings. The molecule has 0 bridgehead atoms. The van der Waals surface area contributed by atoms with Crippen LogP contribution < -0.4 is 10.6 Å². The molecule has 2 heterocycles. The lowest BCUT2D eigenvalue weighted by Crippen LogP contribution is -2.48. The summed E-state index contributed by atoms with van der Waals surface area (Å²) >= 11 is 0. The Morgan fingerprint density at radius 2 is 2.09 bits per heavy atom. The van der Waals surface area contributed by atoms with Crippen LogP contribution >= 0.6 is 0 Å². The van der Waals surface area contributed by atoms with Gasteiger partial charge in [0.1, 0.15) is 0 Å². The molecule has 1 saturated carbocycles. The van der Waals surface area contributed by atoms with Crippen molar-refractivity contribution in [2.24, 2.45) is 5.92 Å². The van der Waals surface area contributed by atoms with Crippen molar-refractivity contribution in [2.75, 3.05) is 25.0 Å². The lowest BCUT2D eigenvalue weighted by atomic mass is 10.1. The zero-order chi connectivity index (χ0) is 15.4. The molecule has 0 spiro atoms. The van der Waals surface area contributed by atoms with Gasteiger partial charge in [-0.05, 0) is 56.8 Å². The predicted molar refractivity (Wildman–Crippen MR) is 83.2 cm³/mol. The van der Waals surface area contributed by atoms with Crippen LogP contribution in [0.1, 0.15) is 25.7 Å². The molecule has 1 aromatic heterocycles. The average molecular weight is 302 g/mol. The highest BCUT2D eigenvalue weighted by Gasteiger charge is 2.40. The van der Waals surface area contributed by atoms with Gasteiger partial charge in [-0.1, -0.05) is 0 Å². The number of pyridine rings is 1. The summed E-state index contributed by atoms with van der Waals surface area (Å²) in [5.74, 6) is 0.238. The van der Waals surface area contributed by atoms with Crippen LogP contribution in [-0.2, 0) is 9.59 Å². The molecule has 1 saturated heterocycles. The van der Waals surface area contributed by atoms with E-state index in [0.717, 1.165) is 38.8 Å². The van der Waals surface area contributed by atoms with Crippen molar-refractivity contribution >= 4 is 17.5 Å². The van der Waals surface area contributed by atoms with Crippen molar-refractivity contribution in [1.82, 2.24) is 15.2 Å². The molecule has 1 atom stereocenters. The third-order valence-electron chi connectivity index (χ3n) is 4.24. The minimum atomic E-state index is -0.225. The number of carbonyl (C=O) groups is 2. The van der Waals surface area contributed by atoms with Gasteiger partial charge in [0.05, 0.1) is 24.5 Å². The molecule has 0 radical (unpaired) electrons. The number of anilines is 1. The van der Waals surface area contributed by atoms with Crippen LogP contribution in [0.3, 0.4) is 0 Å². The highest BCUT2D eigenvalue weighted by atomic mass is 16.2. The van der Waals surface area contributed by atoms with Gasteiger partial charge < -0.3 is 10.6 Å². The SMILES string of the molecule is O=C(CNC(=O)[C@H](C1CC1)N1CCCC1)Nc1cccnc1. The summed E-state index contributed by atoms with van der Waals surface area (Å²) < 4.78 is 0. The maximum absolute atomic E-state index is 12.4. The Morgan fingerprint density at radius 1 is 1.32 bits per heavy atom. The number of nitrogens with zero attached hydrogens (tertiary/aromatic N) is 2. The summed E-state index contributed by atoms with van der Waals surface area (Å²) in [5.41, 5.74) is 0.639. The fraction of sp³-hybridized carbons (Fsp3) is 0.562. The van der Waals surface area contributed by atoms with Crippen molar-refractivity contribution in [3.63, 3.8) is 0 Å². The molecule has 6 nitrogen and oxygen atoms in total. The Balaban J connectivity index is 1.49. The van der Waals surface area contributed by atoms with Gasteiger partial charge in [0.25, 0.3) is 0 Å². The first-order valence-corrected chi connectivity index (χ1v) is 7.95. The molecular formula is C16H22N4O2. The Kier molecular flexibility index (Phi) is 4.68. The molecule has 2 fully saturated rings. The monoisotopic (exact) mass is 302 g/mol. The zero-order valence-electron chi connectivity index (χ0n) is 12.6. The Morgan fingerprint density at radius 3 is 2.73 bits per heavy atom. The summed E-state index contributed by atoms with van der Waals surface area (Å²) in [6, 6.07) is 3.47. The van der Waals surface area contributed by atoms with Crippen LogP contribution in [-0.4, -0.2) is 47.4 Å². The second-order valence-electron chi connectivity index (χ2n) is 6.03. The first kappa shape index (κ1) is 15.0. The number of amides is 2. The minimum absolute atomic E-state index is 0.00475. The van der Waals surface area contributed by atoms with E-state index in [1.54, 1.807) is 24.5 Å². The van der Waals surface area contributed by atoms with Crippen LogP contribution in [0.2, 0.25) is 0 Å². The van der Waals surface area contributed by atoms with Crippen molar-refractivity contribution in [1.29, 1.82) is 0 Å². The molecule has 2 amide bonds. The standard InChI is InChI=1S/C16H22N4O2/c21-14(19-13-4-3-7-17-10-13)11-18-16(22)15(12-5-6-12)20-8-1-2-9-20/h3-4,7,10,12,15H,1-2,5-6,8-9,11H2,(H,18,22)(H,19,21)/t15-/m0/s1. The van der Waals surface area contributed by atoms with Crippen molar-refractivity contribution in [2.45, 2.75) is 31.7 Å². The lowest BCUT2D eigenvalue weighted by Gasteiger charge is -2.26. The Hall–Kier alpha value is -1.95. The van der Waals surface area contributed by atoms with Crippen LogP contribution in [0.4, 0.5) is 5.69 Å². The average Bonchev–Trinajstić information content (AvgIpc) is 3.20. The fourth-order valence-corrected chi connectivity index (χ4v) is 3.02. The molecule has 1 aromatic rings. The van der Waals surface area contributed by atoms with E-state index < -0.39 is 0 Å². The smallest absolute Gasteiger partial charge is 0.243 e. The third-order valence-corrected chi connectivity index (χ3v) is 4.24. The number of likely N-dealkylation sites (tertiary alicyclic amines) is 1. The molecule has 22 heavy (non-hydrogen) atoms. The van der Waals surface area contributed by atoms with Gasteiger partial charge in [0, 0.05) is 6.20 Å². The van der Waals surface area contributed by atoms with E-state index in [1.807, 2.05) is 0 Å². The zero-order valence-corrected chi connectivity index (χ0v) is 12.6. The van der Waals surface area contributed by atoms with Gasteiger partial charge in [0.2, 0.25) is 11.8 Å². The second kappa shape index (κ2) is 6.87. The molecule has 1 aliphatic heterocycles. The van der Waals surface area contributed by atoms with E-state index in [9.17, 15) is 9.59 Å². The second-order valence-corrected chi connectivity index (χ2v) is 6.03. The largest absolute Gasteiger partial charge is 0.346 e. The number of hydrogen-bond donors (Lipinski definition) is 2. The highest BCUT2D eigenvalue weighted by molar-refractivity contribution is 5.95. The number of nitrogens with one attached hydrogen (secondary N) is 2. The van der Waals surface area contributed by atoms with E-state index in [0.29, 0.717) is 11.6 Å². The summed E-state index contributed by atoms with van der Waals surface area (Å²) in [4.78, 5) is 30.5. The van der Waals surface area contributed by atoms with E-state index in [4.69, 9.17) is 0 Å². The van der Waals surface area contributed by atoms with Crippen LogP contribution in [0.25, 0.3) is 0 Å². The first-order chi connectivity index (χ1) is 10.7. The topological polar surface area (TPSA) is 74.3 Å². The van der Waals surface area contributed by atoms with Gasteiger partial charge in [-0.25, -0.2) is 0 Å². The van der Waals surface area contributed by atoms with Gasteiger partial charge in [-0.3, -0.25) is 19.5 Å².